The van der Waals surface area contributed by atoms with Crippen LogP contribution in [-0.4, -0.2) is 67.4 Å². The van der Waals surface area contributed by atoms with E-state index in [-0.39, 0.29) is 36.7 Å². The van der Waals surface area contributed by atoms with Gasteiger partial charge in [-0.3, -0.25) is 4.68 Å². The standard InChI is InChI=1S/C25H35FN4O6S/c1-8-35-23(31)22-21(15-18-9-11-20(12-10-18)37(33,34)29(6)7)17(2)30(28-22)16-19(26)13-14-27-24(32)36-25(3,4)5/h9-13H,8,14-16H2,1-7H3,(H,27,32)/b19-13-. The topological polar surface area (TPSA) is 120 Å². The number of carbonyl (C=O) groups is 2. The number of amides is 1. The van der Waals surface area contributed by atoms with E-state index >= 15 is 0 Å². The molecule has 0 atom stereocenters. The Morgan fingerprint density at radius 2 is 1.81 bits per heavy atom. The molecule has 0 saturated carbocycles. The second kappa shape index (κ2) is 12.3. The molecule has 0 bridgehead atoms. The number of esters is 1. The number of sulfonamides is 1. The van der Waals surface area contributed by atoms with Crippen molar-refractivity contribution in [3.63, 3.8) is 0 Å². The minimum absolute atomic E-state index is 0.0593. The molecule has 0 spiro atoms. The number of hydrogen-bond acceptors (Lipinski definition) is 7. The van der Waals surface area contributed by atoms with E-state index in [1.54, 1.807) is 46.8 Å². The highest BCUT2D eigenvalue weighted by molar-refractivity contribution is 7.89. The summed E-state index contributed by atoms with van der Waals surface area (Å²) in [6.45, 7) is 8.36. The quantitative estimate of drug-likeness (QED) is 0.459. The molecule has 2 aromatic rings. The Labute approximate surface area is 217 Å². The van der Waals surface area contributed by atoms with E-state index in [0.29, 0.717) is 11.3 Å². The van der Waals surface area contributed by atoms with E-state index in [1.807, 2.05) is 0 Å². The number of hydrogen-bond donors (Lipinski definition) is 1. The third kappa shape index (κ3) is 8.39. The summed E-state index contributed by atoms with van der Waals surface area (Å²) in [5.41, 5.74) is 1.23. The molecule has 0 aliphatic carbocycles. The van der Waals surface area contributed by atoms with Crippen molar-refractivity contribution in [2.24, 2.45) is 0 Å². The van der Waals surface area contributed by atoms with Crippen molar-refractivity contribution < 1.29 is 31.9 Å². The minimum Gasteiger partial charge on any atom is -0.461 e. The van der Waals surface area contributed by atoms with Gasteiger partial charge in [0, 0.05) is 38.3 Å². The van der Waals surface area contributed by atoms with Gasteiger partial charge in [-0.2, -0.15) is 5.10 Å². The van der Waals surface area contributed by atoms with Crippen LogP contribution in [0.15, 0.2) is 41.1 Å². The van der Waals surface area contributed by atoms with Crippen molar-refractivity contribution in [1.82, 2.24) is 19.4 Å². The van der Waals surface area contributed by atoms with Crippen LogP contribution in [0.1, 0.15) is 55.0 Å². The summed E-state index contributed by atoms with van der Waals surface area (Å²) in [4.78, 5) is 24.5. The van der Waals surface area contributed by atoms with Crippen molar-refractivity contribution in [2.75, 3.05) is 27.2 Å². The minimum atomic E-state index is -3.57. The summed E-state index contributed by atoms with van der Waals surface area (Å²) in [5.74, 6) is -1.20. The van der Waals surface area contributed by atoms with Crippen LogP contribution in [0.3, 0.4) is 0 Å². The molecule has 0 saturated heterocycles. The molecule has 0 radical (unpaired) electrons. The zero-order valence-electron chi connectivity index (χ0n) is 22.3. The smallest absolute Gasteiger partial charge is 0.407 e. The molecule has 1 aromatic heterocycles. The Morgan fingerprint density at radius 1 is 1.19 bits per heavy atom. The molecule has 1 heterocycles. The lowest BCUT2D eigenvalue weighted by molar-refractivity contribution is 0.0512. The predicted octanol–water partition coefficient (Wildman–Crippen LogP) is 3.59. The molecule has 1 aromatic carbocycles. The van der Waals surface area contributed by atoms with E-state index in [2.05, 4.69) is 10.4 Å². The molecule has 2 rings (SSSR count). The highest BCUT2D eigenvalue weighted by Gasteiger charge is 2.23. The highest BCUT2D eigenvalue weighted by atomic mass is 32.2. The van der Waals surface area contributed by atoms with Crippen LogP contribution in [0.5, 0.6) is 0 Å². The maximum Gasteiger partial charge on any atom is 0.407 e. The Bertz CT molecular complexity index is 1250. The molecular weight excluding hydrogens is 503 g/mol. The second-order valence-corrected chi connectivity index (χ2v) is 11.6. The number of benzene rings is 1. The van der Waals surface area contributed by atoms with Gasteiger partial charge < -0.3 is 14.8 Å². The lowest BCUT2D eigenvalue weighted by atomic mass is 10.0. The molecule has 1 amide bonds. The lowest BCUT2D eigenvalue weighted by Crippen LogP contribution is -2.32. The van der Waals surface area contributed by atoms with Crippen LogP contribution < -0.4 is 5.32 Å². The molecule has 204 valence electrons. The van der Waals surface area contributed by atoms with Gasteiger partial charge in [-0.15, -0.1) is 0 Å². The summed E-state index contributed by atoms with van der Waals surface area (Å²) < 4.78 is 52.0. The van der Waals surface area contributed by atoms with E-state index in [1.165, 1.54) is 37.0 Å². The van der Waals surface area contributed by atoms with Gasteiger partial charge in [0.15, 0.2) is 5.69 Å². The fourth-order valence-corrected chi connectivity index (χ4v) is 4.18. The number of halogens is 1. The van der Waals surface area contributed by atoms with Gasteiger partial charge in [0.25, 0.3) is 0 Å². The molecule has 37 heavy (non-hydrogen) atoms. The zero-order chi connectivity index (χ0) is 28.0. The van der Waals surface area contributed by atoms with Crippen LogP contribution in [0.2, 0.25) is 0 Å². The number of alkyl carbamates (subject to hydrolysis) is 1. The molecule has 1 N–H and O–H groups in total. The highest BCUT2D eigenvalue weighted by Crippen LogP contribution is 2.22. The van der Waals surface area contributed by atoms with Gasteiger partial charge in [0.05, 0.1) is 18.0 Å². The maximum atomic E-state index is 14.6. The molecular formula is C25H35FN4O6S. The average Bonchev–Trinajstić information content (AvgIpc) is 3.08. The first-order valence-corrected chi connectivity index (χ1v) is 13.2. The Kier molecular flexibility index (Phi) is 9.99. The van der Waals surface area contributed by atoms with Gasteiger partial charge in [0.1, 0.15) is 11.4 Å². The molecule has 12 heteroatoms. The van der Waals surface area contributed by atoms with E-state index < -0.39 is 33.5 Å². The molecule has 10 nitrogen and oxygen atoms in total. The lowest BCUT2D eigenvalue weighted by Gasteiger charge is -2.19. The van der Waals surface area contributed by atoms with Crippen LogP contribution >= 0.6 is 0 Å². The number of nitrogens with one attached hydrogen (secondary N) is 1. The summed E-state index contributed by atoms with van der Waals surface area (Å²) in [5, 5.41) is 6.73. The summed E-state index contributed by atoms with van der Waals surface area (Å²) in [6, 6.07) is 6.30. The Balaban J connectivity index is 2.25. The van der Waals surface area contributed by atoms with Crippen molar-refractivity contribution in [3.05, 3.63) is 58.7 Å². The van der Waals surface area contributed by atoms with Crippen molar-refractivity contribution in [1.29, 1.82) is 0 Å². The van der Waals surface area contributed by atoms with E-state index in [0.717, 1.165) is 9.87 Å². The van der Waals surface area contributed by atoms with Crippen molar-refractivity contribution >= 4 is 22.1 Å². The normalized spacial score (nSPS) is 12.5. The summed E-state index contributed by atoms with van der Waals surface area (Å²) in [7, 11) is -0.670. The van der Waals surface area contributed by atoms with Crippen molar-refractivity contribution in [3.8, 4) is 0 Å². The molecule has 0 aliphatic heterocycles. The molecule has 0 aliphatic rings. The van der Waals surface area contributed by atoms with Crippen LogP contribution in [0.25, 0.3) is 0 Å². The van der Waals surface area contributed by atoms with E-state index in [4.69, 9.17) is 9.47 Å². The first kappa shape index (κ1) is 30.0. The van der Waals surface area contributed by atoms with Crippen molar-refractivity contribution in [2.45, 2.75) is 58.1 Å². The number of aromatic nitrogens is 2. The molecule has 0 fully saturated rings. The number of carbonyl (C=O) groups excluding carboxylic acids is 2. The van der Waals surface area contributed by atoms with Gasteiger partial charge in [0.2, 0.25) is 10.0 Å². The number of rotatable bonds is 10. The monoisotopic (exact) mass is 538 g/mol. The van der Waals surface area contributed by atoms with Gasteiger partial charge in [-0.25, -0.2) is 26.7 Å². The van der Waals surface area contributed by atoms with Gasteiger partial charge >= 0.3 is 12.1 Å². The van der Waals surface area contributed by atoms with Crippen LogP contribution in [0.4, 0.5) is 9.18 Å². The maximum absolute atomic E-state index is 14.6. The second-order valence-electron chi connectivity index (χ2n) is 9.43. The first-order chi connectivity index (χ1) is 17.2. The van der Waals surface area contributed by atoms with Crippen LogP contribution in [-0.2, 0) is 32.5 Å². The largest absolute Gasteiger partial charge is 0.461 e. The number of ether oxygens (including phenoxy) is 2. The fourth-order valence-electron chi connectivity index (χ4n) is 3.27. The predicted molar refractivity (Wildman–Crippen MR) is 136 cm³/mol. The first-order valence-electron chi connectivity index (χ1n) is 11.7. The van der Waals surface area contributed by atoms with Gasteiger partial charge in [-0.05, 0) is 58.4 Å². The SMILES string of the molecule is CCOC(=O)c1nn(C/C(F)=C/CNC(=O)OC(C)(C)C)c(C)c1Cc1ccc(S(=O)(=O)N(C)C)cc1. The fraction of sp³-hybridized carbons (Fsp3) is 0.480. The third-order valence-corrected chi connectivity index (χ3v) is 6.98. The van der Waals surface area contributed by atoms with E-state index in [9.17, 15) is 22.4 Å². The van der Waals surface area contributed by atoms with Gasteiger partial charge in [-0.1, -0.05) is 12.1 Å². The average molecular weight is 539 g/mol. The van der Waals surface area contributed by atoms with Crippen LogP contribution in [0, 0.1) is 6.92 Å². The summed E-state index contributed by atoms with van der Waals surface area (Å²) >= 11 is 0. The zero-order valence-corrected chi connectivity index (χ0v) is 23.1. The molecule has 0 unspecified atom stereocenters. The number of nitrogens with zero attached hydrogens (tertiary/aromatic N) is 3. The number of allylic oxidation sites excluding steroid dienone is 1. The Hall–Kier alpha value is -3.25. The Morgan fingerprint density at radius 3 is 2.35 bits per heavy atom. The third-order valence-electron chi connectivity index (χ3n) is 5.15. The summed E-state index contributed by atoms with van der Waals surface area (Å²) in [6.07, 6.45) is 0.787.